The van der Waals surface area contributed by atoms with Crippen LogP contribution in [0.15, 0.2) is 71.5 Å². The smallest absolute Gasteiger partial charge is 0.328 e. The normalized spacial score (nSPS) is 14.0. The third-order valence-corrected chi connectivity index (χ3v) is 7.09. The van der Waals surface area contributed by atoms with Crippen molar-refractivity contribution in [2.45, 2.75) is 39.0 Å². The highest BCUT2D eigenvalue weighted by Crippen LogP contribution is 2.26. The summed E-state index contributed by atoms with van der Waals surface area (Å²) in [5.74, 6) is 0.0479. The molecule has 1 aliphatic heterocycles. The van der Waals surface area contributed by atoms with Crippen molar-refractivity contribution in [2.75, 3.05) is 13.1 Å². The number of hydrogen-bond donors (Lipinski definition) is 3. The summed E-state index contributed by atoms with van der Waals surface area (Å²) in [4.78, 5) is 41.1. The molecule has 0 aliphatic carbocycles. The lowest BCUT2D eigenvalue weighted by atomic mass is 10.0. The van der Waals surface area contributed by atoms with Gasteiger partial charge in [-0.05, 0) is 53.4 Å². The maximum atomic E-state index is 12.8. The topological polar surface area (TPSA) is 117 Å². The van der Waals surface area contributed by atoms with Gasteiger partial charge in [0, 0.05) is 31.6 Å². The molecule has 1 saturated heterocycles. The first-order chi connectivity index (χ1) is 18.4. The van der Waals surface area contributed by atoms with Crippen LogP contribution in [0.25, 0.3) is 10.8 Å². The number of aromatic hydroxyl groups is 1. The van der Waals surface area contributed by atoms with Crippen LogP contribution in [0.1, 0.15) is 47.4 Å². The number of aromatic amines is 1. The minimum Gasteiger partial charge on any atom is -0.493 e. The van der Waals surface area contributed by atoms with Crippen molar-refractivity contribution in [1.82, 2.24) is 19.8 Å². The molecule has 1 aliphatic rings. The average Bonchev–Trinajstić information content (AvgIpc) is 3.23. The van der Waals surface area contributed by atoms with Crippen molar-refractivity contribution >= 4 is 22.6 Å². The van der Waals surface area contributed by atoms with Crippen LogP contribution in [0.4, 0.5) is 0 Å². The maximum Gasteiger partial charge on any atom is 0.328 e. The first-order valence-corrected chi connectivity index (χ1v) is 12.7. The molecule has 0 unspecified atom stereocenters. The van der Waals surface area contributed by atoms with Gasteiger partial charge in [0.2, 0.25) is 11.8 Å². The Morgan fingerprint density at radius 1 is 1.03 bits per heavy atom. The van der Waals surface area contributed by atoms with Crippen LogP contribution in [0.5, 0.6) is 11.6 Å². The highest BCUT2D eigenvalue weighted by Gasteiger charge is 2.27. The Hall–Kier alpha value is -4.53. The fourth-order valence-electron chi connectivity index (χ4n) is 5.01. The molecule has 3 N–H and O–H groups in total. The summed E-state index contributed by atoms with van der Waals surface area (Å²) in [6, 6.07) is 20.9. The summed E-state index contributed by atoms with van der Waals surface area (Å²) >= 11 is 0. The van der Waals surface area contributed by atoms with E-state index in [0.717, 1.165) is 16.3 Å². The number of nitrogens with one attached hydrogen (secondary N) is 2. The number of nitrogens with zero attached hydrogens (tertiary/aromatic N) is 2. The summed E-state index contributed by atoms with van der Waals surface area (Å²) in [5.41, 5.74) is 1.40. The molecule has 9 heteroatoms. The van der Waals surface area contributed by atoms with Crippen LogP contribution >= 0.6 is 0 Å². The van der Waals surface area contributed by atoms with Crippen LogP contribution in [0.3, 0.4) is 0 Å². The third-order valence-electron chi connectivity index (χ3n) is 7.09. The maximum absolute atomic E-state index is 12.8. The first-order valence-electron chi connectivity index (χ1n) is 12.7. The van der Waals surface area contributed by atoms with Gasteiger partial charge in [0.25, 0.3) is 5.91 Å². The summed E-state index contributed by atoms with van der Waals surface area (Å²) < 4.78 is 7.45. The van der Waals surface area contributed by atoms with Gasteiger partial charge >= 0.3 is 5.69 Å². The zero-order valence-corrected chi connectivity index (χ0v) is 21.1. The van der Waals surface area contributed by atoms with Crippen molar-refractivity contribution in [2.24, 2.45) is 0 Å². The van der Waals surface area contributed by atoms with Gasteiger partial charge in [0.05, 0.1) is 6.54 Å². The van der Waals surface area contributed by atoms with Crippen LogP contribution in [0, 0.1) is 0 Å². The number of ether oxygens (including phenoxy) is 1. The Labute approximate surface area is 219 Å². The van der Waals surface area contributed by atoms with Crippen LogP contribution < -0.4 is 15.7 Å². The van der Waals surface area contributed by atoms with Crippen LogP contribution in [-0.4, -0.2) is 44.5 Å². The number of aromatic nitrogens is 2. The van der Waals surface area contributed by atoms with Gasteiger partial charge in [0.15, 0.2) is 0 Å². The van der Waals surface area contributed by atoms with E-state index in [1.165, 1.54) is 11.5 Å². The van der Waals surface area contributed by atoms with E-state index >= 15 is 0 Å². The van der Waals surface area contributed by atoms with Crippen molar-refractivity contribution in [1.29, 1.82) is 0 Å². The molecule has 0 saturated carbocycles. The van der Waals surface area contributed by atoms with Crippen molar-refractivity contribution in [3.05, 3.63) is 94.0 Å². The molecule has 3 aromatic carbocycles. The van der Waals surface area contributed by atoms with E-state index in [2.05, 4.69) is 28.5 Å². The number of H-pyrrole nitrogens is 1. The monoisotopic (exact) mass is 514 g/mol. The third kappa shape index (κ3) is 5.27. The van der Waals surface area contributed by atoms with Gasteiger partial charge in [-0.1, -0.05) is 42.5 Å². The minimum absolute atomic E-state index is 0.00480. The molecule has 0 radical (unpaired) electrons. The predicted octanol–water partition coefficient (Wildman–Crippen LogP) is 3.73. The Bertz CT molecular complexity index is 1510. The van der Waals surface area contributed by atoms with Gasteiger partial charge < -0.3 is 20.1 Å². The molecule has 5 rings (SSSR count). The van der Waals surface area contributed by atoms with Crippen molar-refractivity contribution < 1.29 is 19.4 Å². The fraction of sp³-hybridized carbons (Fsp3) is 0.276. The van der Waals surface area contributed by atoms with E-state index in [1.807, 2.05) is 24.3 Å². The predicted molar refractivity (Wildman–Crippen MR) is 143 cm³/mol. The minimum atomic E-state index is -0.430. The van der Waals surface area contributed by atoms with Gasteiger partial charge in [-0.2, -0.15) is 0 Å². The highest BCUT2D eigenvalue weighted by atomic mass is 16.5. The molecular formula is C29H30N4O5. The largest absolute Gasteiger partial charge is 0.493 e. The lowest BCUT2D eigenvalue weighted by molar-refractivity contribution is -0.130. The van der Waals surface area contributed by atoms with E-state index in [1.54, 1.807) is 29.2 Å². The number of hydrogen-bond acceptors (Lipinski definition) is 5. The van der Waals surface area contributed by atoms with Gasteiger partial charge in [0.1, 0.15) is 18.1 Å². The molecular weight excluding hydrogens is 484 g/mol. The lowest BCUT2D eigenvalue weighted by Gasteiger charge is -2.32. The number of carbonyl (C=O) groups is 2. The van der Waals surface area contributed by atoms with Gasteiger partial charge in [-0.25, -0.2) is 4.79 Å². The quantitative estimate of drug-likeness (QED) is 0.348. The number of carbonyl (C=O) groups excluding carboxylic acids is 2. The van der Waals surface area contributed by atoms with Crippen molar-refractivity contribution in [3.63, 3.8) is 0 Å². The van der Waals surface area contributed by atoms with E-state index in [-0.39, 0.29) is 30.3 Å². The summed E-state index contributed by atoms with van der Waals surface area (Å²) in [6.07, 6.45) is 1.19. The van der Waals surface area contributed by atoms with Crippen molar-refractivity contribution in [3.8, 4) is 11.6 Å². The van der Waals surface area contributed by atoms with Crippen LogP contribution in [-0.2, 0) is 17.9 Å². The molecule has 1 fully saturated rings. The zero-order chi connectivity index (χ0) is 26.6. The number of imidazole rings is 1. The molecule has 196 valence electrons. The Kier molecular flexibility index (Phi) is 7.17. The second kappa shape index (κ2) is 10.8. The van der Waals surface area contributed by atoms with E-state index < -0.39 is 5.69 Å². The van der Waals surface area contributed by atoms with E-state index in [0.29, 0.717) is 49.5 Å². The summed E-state index contributed by atoms with van der Waals surface area (Å²) in [5, 5.41) is 15.4. The SMILES string of the molecule is CC(=O)N1CCC(n2c(CNC(=O)c3ccc(OCc4cccc5ccccc45)cc3)c(O)[nH]c2=O)CC1. The average molecular weight is 515 g/mol. The van der Waals surface area contributed by atoms with Gasteiger partial charge in [-0.3, -0.25) is 19.1 Å². The molecule has 0 atom stereocenters. The molecule has 0 spiro atoms. The Morgan fingerprint density at radius 2 is 1.74 bits per heavy atom. The highest BCUT2D eigenvalue weighted by molar-refractivity contribution is 5.94. The molecule has 1 aromatic heterocycles. The first kappa shape index (κ1) is 25.1. The lowest BCUT2D eigenvalue weighted by Crippen LogP contribution is -2.40. The fourth-order valence-corrected chi connectivity index (χ4v) is 5.01. The number of fused-ring (bicyclic) bond motifs is 1. The summed E-state index contributed by atoms with van der Waals surface area (Å²) in [6.45, 7) is 3.00. The molecule has 0 bridgehead atoms. The summed E-state index contributed by atoms with van der Waals surface area (Å²) in [7, 11) is 0. The number of likely N-dealkylation sites (tertiary alicyclic amines) is 1. The second-order valence-electron chi connectivity index (χ2n) is 9.47. The molecule has 2 amide bonds. The zero-order valence-electron chi connectivity index (χ0n) is 21.1. The number of rotatable bonds is 7. The van der Waals surface area contributed by atoms with E-state index in [4.69, 9.17) is 4.74 Å². The Balaban J connectivity index is 1.20. The number of amides is 2. The second-order valence-corrected chi connectivity index (χ2v) is 9.47. The van der Waals surface area contributed by atoms with E-state index in [9.17, 15) is 19.5 Å². The molecule has 9 nitrogen and oxygen atoms in total. The molecule has 4 aromatic rings. The standard InChI is InChI=1S/C29H30N4O5/c1-19(34)32-15-13-23(14-16-32)33-26(28(36)31-29(33)37)17-30-27(35)21-9-11-24(12-10-21)38-18-22-7-4-6-20-5-2-3-8-25(20)22/h2-12,23,36H,13-18H2,1H3,(H,30,35)(H,31,37). The molecule has 38 heavy (non-hydrogen) atoms. The number of benzene rings is 3. The van der Waals surface area contributed by atoms with Gasteiger partial charge in [-0.15, -0.1) is 0 Å². The Morgan fingerprint density at radius 3 is 2.47 bits per heavy atom. The molecule has 2 heterocycles. The number of piperidine rings is 1. The van der Waals surface area contributed by atoms with Crippen LogP contribution in [0.2, 0.25) is 0 Å².